The number of hydrogen-bond donors (Lipinski definition) is 2. The van der Waals surface area contributed by atoms with Gasteiger partial charge in [0.25, 0.3) is 0 Å². The summed E-state index contributed by atoms with van der Waals surface area (Å²) in [7, 11) is 2.17. The van der Waals surface area contributed by atoms with Crippen molar-refractivity contribution in [1.29, 1.82) is 0 Å². The average molecular weight is 280 g/mol. The van der Waals surface area contributed by atoms with Gasteiger partial charge in [0.05, 0.1) is 0 Å². The summed E-state index contributed by atoms with van der Waals surface area (Å²) in [4.78, 5) is 14.2. The Morgan fingerprint density at radius 3 is 2.60 bits per heavy atom. The first-order chi connectivity index (χ1) is 9.56. The lowest BCUT2D eigenvalue weighted by atomic mass is 9.67. The monoisotopic (exact) mass is 280 g/mol. The molecule has 0 aromatic heterocycles. The molecule has 0 unspecified atom stereocenters. The second-order valence-corrected chi connectivity index (χ2v) is 6.84. The largest absolute Gasteiger partial charge is 0.480 e. The number of aliphatic carboxylic acids is 1. The van der Waals surface area contributed by atoms with E-state index in [-0.39, 0.29) is 5.92 Å². The van der Waals surface area contributed by atoms with E-state index in [1.807, 2.05) is 0 Å². The van der Waals surface area contributed by atoms with Crippen LogP contribution in [-0.2, 0) is 4.79 Å². The molecule has 0 aromatic carbocycles. The number of carboxylic acids is 1. The number of carboxylic acid groups (broad SMARTS) is 1. The van der Waals surface area contributed by atoms with E-state index in [1.165, 1.54) is 19.3 Å². The summed E-state index contributed by atoms with van der Waals surface area (Å²) in [6.45, 7) is 3.11. The van der Waals surface area contributed by atoms with E-state index in [1.54, 1.807) is 0 Å². The predicted molar refractivity (Wildman–Crippen MR) is 83.6 cm³/mol. The summed E-state index contributed by atoms with van der Waals surface area (Å²) in [5.41, 5.74) is 5.35. The van der Waals surface area contributed by atoms with Crippen LogP contribution in [0.4, 0.5) is 0 Å². The van der Waals surface area contributed by atoms with Gasteiger partial charge in [-0.1, -0.05) is 19.2 Å². The van der Waals surface area contributed by atoms with Crippen LogP contribution in [0.2, 0.25) is 6.32 Å². The minimum atomic E-state index is -1.00. The van der Waals surface area contributed by atoms with E-state index in [2.05, 4.69) is 12.7 Å². The van der Waals surface area contributed by atoms with E-state index < -0.39 is 11.5 Å². The van der Waals surface area contributed by atoms with Crippen LogP contribution in [0.5, 0.6) is 0 Å². The first-order valence-corrected chi connectivity index (χ1v) is 8.31. The summed E-state index contributed by atoms with van der Waals surface area (Å²) in [5, 5.41) is 9.64. The van der Waals surface area contributed by atoms with Gasteiger partial charge in [0.15, 0.2) is 0 Å². The van der Waals surface area contributed by atoms with E-state index in [9.17, 15) is 9.90 Å². The third kappa shape index (κ3) is 3.56. The van der Waals surface area contributed by atoms with Gasteiger partial charge in [0.1, 0.15) is 13.4 Å². The zero-order valence-electron chi connectivity index (χ0n) is 12.8. The van der Waals surface area contributed by atoms with Crippen molar-refractivity contribution in [3.05, 3.63) is 0 Å². The van der Waals surface area contributed by atoms with Crippen molar-refractivity contribution in [2.24, 2.45) is 17.6 Å². The van der Waals surface area contributed by atoms with Crippen molar-refractivity contribution in [2.45, 2.75) is 56.8 Å². The standard InChI is InChI=1S/C15H29BN2O2/c16-7-6-12-4-5-13(15(17,10-12)14(19)20)11-18-8-2-1-3-9-18/h12-13H,1-11,16-17H2,(H,19,20)/t12-,13-,15+/m0/s1. The van der Waals surface area contributed by atoms with Crippen LogP contribution in [0.25, 0.3) is 0 Å². The third-order valence-electron chi connectivity index (χ3n) is 5.30. The van der Waals surface area contributed by atoms with Crippen LogP contribution in [0, 0.1) is 11.8 Å². The lowest BCUT2D eigenvalue weighted by Gasteiger charge is -2.44. The highest BCUT2D eigenvalue weighted by molar-refractivity contribution is 6.08. The summed E-state index contributed by atoms with van der Waals surface area (Å²) in [6.07, 6.45) is 8.83. The number of nitrogens with zero attached hydrogens (tertiary/aromatic N) is 1. The van der Waals surface area contributed by atoms with Crippen LogP contribution in [0.1, 0.15) is 44.9 Å². The summed E-state index contributed by atoms with van der Waals surface area (Å²) >= 11 is 0. The Balaban J connectivity index is 2.00. The molecule has 3 atom stereocenters. The molecule has 1 saturated carbocycles. The molecule has 5 heteroatoms. The molecule has 2 fully saturated rings. The van der Waals surface area contributed by atoms with Crippen LogP contribution in [0.15, 0.2) is 0 Å². The Morgan fingerprint density at radius 1 is 1.30 bits per heavy atom. The number of rotatable bonds is 5. The molecule has 1 saturated heterocycles. The van der Waals surface area contributed by atoms with E-state index in [0.717, 1.165) is 45.2 Å². The number of nitrogens with two attached hydrogens (primary N) is 1. The summed E-state index contributed by atoms with van der Waals surface area (Å²) in [6, 6.07) is 0. The van der Waals surface area contributed by atoms with E-state index >= 15 is 0 Å². The molecule has 1 aliphatic heterocycles. The molecular formula is C15H29BN2O2. The van der Waals surface area contributed by atoms with Crippen molar-refractivity contribution >= 4 is 13.8 Å². The van der Waals surface area contributed by atoms with E-state index in [0.29, 0.717) is 12.3 Å². The fourth-order valence-electron chi connectivity index (χ4n) is 4.07. The second kappa shape index (κ2) is 6.94. The van der Waals surface area contributed by atoms with Gasteiger partial charge in [-0.05, 0) is 51.1 Å². The molecule has 0 amide bonds. The fourth-order valence-corrected chi connectivity index (χ4v) is 4.07. The predicted octanol–water partition coefficient (Wildman–Crippen LogP) is 1.11. The molecule has 114 valence electrons. The molecule has 4 nitrogen and oxygen atoms in total. The first kappa shape index (κ1) is 15.8. The van der Waals surface area contributed by atoms with Crippen molar-refractivity contribution in [3.8, 4) is 0 Å². The second-order valence-electron chi connectivity index (χ2n) is 6.84. The van der Waals surface area contributed by atoms with Crippen molar-refractivity contribution in [3.63, 3.8) is 0 Å². The van der Waals surface area contributed by atoms with Crippen molar-refractivity contribution in [2.75, 3.05) is 19.6 Å². The van der Waals surface area contributed by atoms with Gasteiger partial charge >= 0.3 is 5.97 Å². The molecule has 0 aromatic rings. The maximum atomic E-state index is 11.7. The zero-order chi connectivity index (χ0) is 14.6. The molecule has 0 radical (unpaired) electrons. The Kier molecular flexibility index (Phi) is 5.50. The maximum absolute atomic E-state index is 11.7. The van der Waals surface area contributed by atoms with Crippen molar-refractivity contribution < 1.29 is 9.90 Å². The molecule has 2 rings (SSSR count). The minimum Gasteiger partial charge on any atom is -0.480 e. The molecule has 0 spiro atoms. The van der Waals surface area contributed by atoms with Crippen LogP contribution >= 0.6 is 0 Å². The van der Waals surface area contributed by atoms with Crippen LogP contribution in [-0.4, -0.2) is 49.0 Å². The van der Waals surface area contributed by atoms with Gasteiger partial charge in [-0.15, -0.1) is 0 Å². The number of hydrogen-bond acceptors (Lipinski definition) is 3. The molecule has 20 heavy (non-hydrogen) atoms. The average Bonchev–Trinajstić information content (AvgIpc) is 2.43. The van der Waals surface area contributed by atoms with Gasteiger partial charge in [0.2, 0.25) is 0 Å². The number of piperidine rings is 1. The topological polar surface area (TPSA) is 66.6 Å². The van der Waals surface area contributed by atoms with Gasteiger partial charge in [-0.2, -0.15) is 0 Å². The number of likely N-dealkylation sites (tertiary alicyclic amines) is 1. The van der Waals surface area contributed by atoms with Gasteiger partial charge in [-0.3, -0.25) is 4.79 Å². The fraction of sp³-hybridized carbons (Fsp3) is 0.933. The summed E-state index contributed by atoms with van der Waals surface area (Å²) < 4.78 is 0. The highest BCUT2D eigenvalue weighted by Crippen LogP contribution is 2.38. The third-order valence-corrected chi connectivity index (χ3v) is 5.30. The molecular weight excluding hydrogens is 251 g/mol. The van der Waals surface area contributed by atoms with Crippen LogP contribution in [0.3, 0.4) is 0 Å². The lowest BCUT2D eigenvalue weighted by molar-refractivity contribution is -0.148. The Hall–Kier alpha value is -0.545. The minimum absolute atomic E-state index is 0.117. The first-order valence-electron chi connectivity index (χ1n) is 8.31. The Labute approximate surface area is 123 Å². The van der Waals surface area contributed by atoms with Crippen LogP contribution < -0.4 is 5.73 Å². The van der Waals surface area contributed by atoms with Gasteiger partial charge in [0, 0.05) is 12.5 Å². The van der Waals surface area contributed by atoms with Gasteiger partial charge in [-0.25, -0.2) is 0 Å². The zero-order valence-corrected chi connectivity index (χ0v) is 12.8. The van der Waals surface area contributed by atoms with Gasteiger partial charge < -0.3 is 15.7 Å². The summed E-state index contributed by atoms with van der Waals surface area (Å²) in [5.74, 6) is -0.176. The van der Waals surface area contributed by atoms with Crippen molar-refractivity contribution in [1.82, 2.24) is 4.90 Å². The molecule has 3 N–H and O–H groups in total. The molecule has 0 bridgehead atoms. The smallest absolute Gasteiger partial charge is 0.324 e. The highest BCUT2D eigenvalue weighted by atomic mass is 16.4. The maximum Gasteiger partial charge on any atom is 0.324 e. The quantitative estimate of drug-likeness (QED) is 0.740. The SMILES string of the molecule is BCC[C@@H]1CC[C@@H](CN2CCCCC2)[C@@](N)(C(=O)O)C1. The lowest BCUT2D eigenvalue weighted by Crippen LogP contribution is -2.60. The molecule has 1 aliphatic carbocycles. The molecule has 2 aliphatic rings. The Morgan fingerprint density at radius 2 is 2.00 bits per heavy atom. The number of carbonyl (C=O) groups is 1. The van der Waals surface area contributed by atoms with E-state index in [4.69, 9.17) is 5.73 Å². The normalized spacial score (nSPS) is 35.9. The highest BCUT2D eigenvalue weighted by Gasteiger charge is 2.47. The Bertz CT molecular complexity index is 334. The molecule has 1 heterocycles.